The highest BCUT2D eigenvalue weighted by Crippen LogP contribution is 2.43. The van der Waals surface area contributed by atoms with Crippen molar-refractivity contribution < 1.29 is 9.47 Å². The molecule has 0 heterocycles. The van der Waals surface area contributed by atoms with Gasteiger partial charge in [0.05, 0.1) is 14.2 Å². The van der Waals surface area contributed by atoms with Crippen molar-refractivity contribution in [1.82, 2.24) is 4.90 Å². The van der Waals surface area contributed by atoms with E-state index in [1.165, 1.54) is 43.6 Å². The third-order valence-electron chi connectivity index (χ3n) is 4.90. The van der Waals surface area contributed by atoms with Crippen LogP contribution >= 0.6 is 0 Å². The Hall–Kier alpha value is -1.22. The van der Waals surface area contributed by atoms with E-state index in [1.807, 2.05) is 0 Å². The molecule has 0 aliphatic heterocycles. The SMILES string of the molecule is CCCN(CCC)C[C@H]1Cc2cc(OC)c(OC)cc2[C@H]1C. The van der Waals surface area contributed by atoms with E-state index in [9.17, 15) is 0 Å². The van der Waals surface area contributed by atoms with Gasteiger partial charge in [-0.05, 0) is 67.4 Å². The quantitative estimate of drug-likeness (QED) is 0.721. The molecule has 1 aromatic rings. The Bertz CT molecular complexity index is 481. The van der Waals surface area contributed by atoms with Gasteiger partial charge < -0.3 is 14.4 Å². The van der Waals surface area contributed by atoms with Gasteiger partial charge in [-0.2, -0.15) is 0 Å². The summed E-state index contributed by atoms with van der Waals surface area (Å²) in [5.74, 6) is 3.00. The normalized spacial score (nSPS) is 20.3. The number of hydrogen-bond acceptors (Lipinski definition) is 3. The summed E-state index contributed by atoms with van der Waals surface area (Å²) in [5.41, 5.74) is 2.87. The summed E-state index contributed by atoms with van der Waals surface area (Å²) in [5, 5.41) is 0. The highest BCUT2D eigenvalue weighted by molar-refractivity contribution is 5.50. The van der Waals surface area contributed by atoms with Crippen LogP contribution in [0.1, 0.15) is 50.7 Å². The number of benzene rings is 1. The molecule has 1 aliphatic carbocycles. The lowest BCUT2D eigenvalue weighted by atomic mass is 9.94. The van der Waals surface area contributed by atoms with Crippen molar-refractivity contribution in [3.05, 3.63) is 23.3 Å². The molecule has 0 spiro atoms. The van der Waals surface area contributed by atoms with Crippen molar-refractivity contribution in [3.63, 3.8) is 0 Å². The van der Waals surface area contributed by atoms with Gasteiger partial charge in [-0.15, -0.1) is 0 Å². The lowest BCUT2D eigenvalue weighted by molar-refractivity contribution is 0.222. The van der Waals surface area contributed by atoms with Gasteiger partial charge in [0.25, 0.3) is 0 Å². The molecule has 0 radical (unpaired) electrons. The molecule has 0 saturated heterocycles. The minimum absolute atomic E-state index is 0.589. The monoisotopic (exact) mass is 305 g/mol. The summed E-state index contributed by atoms with van der Waals surface area (Å²) < 4.78 is 10.9. The Morgan fingerprint density at radius 3 is 2.18 bits per heavy atom. The molecule has 2 rings (SSSR count). The molecular weight excluding hydrogens is 274 g/mol. The van der Waals surface area contributed by atoms with Crippen LogP contribution in [0.15, 0.2) is 12.1 Å². The highest BCUT2D eigenvalue weighted by Gasteiger charge is 2.31. The fourth-order valence-electron chi connectivity index (χ4n) is 3.73. The Balaban J connectivity index is 2.15. The van der Waals surface area contributed by atoms with Crippen molar-refractivity contribution in [2.24, 2.45) is 5.92 Å². The van der Waals surface area contributed by atoms with Crippen LogP contribution < -0.4 is 9.47 Å². The maximum absolute atomic E-state index is 5.47. The Kier molecular flexibility index (Phi) is 6.13. The molecule has 0 N–H and O–H groups in total. The summed E-state index contributed by atoms with van der Waals surface area (Å²) in [7, 11) is 3.43. The fraction of sp³-hybridized carbons (Fsp3) is 0.684. The van der Waals surface area contributed by atoms with Gasteiger partial charge in [0.1, 0.15) is 0 Å². The fourth-order valence-corrected chi connectivity index (χ4v) is 3.73. The predicted octanol–water partition coefficient (Wildman–Crippen LogP) is 4.10. The zero-order chi connectivity index (χ0) is 16.1. The molecule has 3 nitrogen and oxygen atoms in total. The van der Waals surface area contributed by atoms with Crippen molar-refractivity contribution in [2.75, 3.05) is 33.9 Å². The number of methoxy groups -OCH3 is 2. The van der Waals surface area contributed by atoms with Crippen molar-refractivity contribution in [3.8, 4) is 11.5 Å². The van der Waals surface area contributed by atoms with Crippen LogP contribution in [0.5, 0.6) is 11.5 Å². The molecule has 1 aromatic carbocycles. The summed E-state index contributed by atoms with van der Waals surface area (Å²) in [6.45, 7) is 10.5. The Labute approximate surface area is 135 Å². The van der Waals surface area contributed by atoms with Gasteiger partial charge in [-0.3, -0.25) is 0 Å². The molecular formula is C19H31NO2. The van der Waals surface area contributed by atoms with E-state index < -0.39 is 0 Å². The second kappa shape index (κ2) is 7.87. The van der Waals surface area contributed by atoms with E-state index in [-0.39, 0.29) is 0 Å². The van der Waals surface area contributed by atoms with Crippen LogP contribution in [0.2, 0.25) is 0 Å². The number of nitrogens with zero attached hydrogens (tertiary/aromatic N) is 1. The smallest absolute Gasteiger partial charge is 0.161 e. The van der Waals surface area contributed by atoms with E-state index in [0.29, 0.717) is 11.8 Å². The largest absolute Gasteiger partial charge is 0.493 e. The number of rotatable bonds is 8. The first-order valence-electron chi connectivity index (χ1n) is 8.61. The van der Waals surface area contributed by atoms with E-state index in [2.05, 4.69) is 37.8 Å². The first kappa shape index (κ1) is 17.1. The predicted molar refractivity (Wildman–Crippen MR) is 92.2 cm³/mol. The number of fused-ring (bicyclic) bond motifs is 1. The number of hydrogen-bond donors (Lipinski definition) is 0. The standard InChI is InChI=1S/C19H31NO2/c1-6-8-20(9-7-2)13-16-10-15-11-18(21-4)19(22-5)12-17(15)14(16)3/h11-12,14,16H,6-10,13H2,1-5H3/t14-,16+/m0/s1. The molecule has 22 heavy (non-hydrogen) atoms. The first-order valence-corrected chi connectivity index (χ1v) is 8.61. The molecule has 0 saturated carbocycles. The van der Waals surface area contributed by atoms with Crippen molar-refractivity contribution in [2.45, 2.75) is 46.0 Å². The van der Waals surface area contributed by atoms with Crippen LogP contribution in [0.25, 0.3) is 0 Å². The maximum Gasteiger partial charge on any atom is 0.161 e. The summed E-state index contributed by atoms with van der Waals surface area (Å²) >= 11 is 0. The average Bonchev–Trinajstić information content (AvgIpc) is 2.82. The molecule has 124 valence electrons. The summed E-state index contributed by atoms with van der Waals surface area (Å²) in [4.78, 5) is 2.63. The van der Waals surface area contributed by atoms with E-state index in [0.717, 1.165) is 17.9 Å². The van der Waals surface area contributed by atoms with Crippen molar-refractivity contribution in [1.29, 1.82) is 0 Å². The lowest BCUT2D eigenvalue weighted by Crippen LogP contribution is -2.32. The van der Waals surface area contributed by atoms with Gasteiger partial charge in [-0.25, -0.2) is 0 Å². The molecule has 1 aliphatic rings. The topological polar surface area (TPSA) is 21.7 Å². The van der Waals surface area contributed by atoms with Crippen LogP contribution in [-0.4, -0.2) is 38.8 Å². The average molecular weight is 305 g/mol. The van der Waals surface area contributed by atoms with Crippen LogP contribution in [0, 0.1) is 5.92 Å². The molecule has 0 fully saturated rings. The second-order valence-corrected chi connectivity index (χ2v) is 6.46. The van der Waals surface area contributed by atoms with E-state index in [4.69, 9.17) is 9.47 Å². The molecule has 2 atom stereocenters. The highest BCUT2D eigenvalue weighted by atomic mass is 16.5. The zero-order valence-corrected chi connectivity index (χ0v) is 14.8. The van der Waals surface area contributed by atoms with E-state index in [1.54, 1.807) is 14.2 Å². The molecule has 3 heteroatoms. The number of ether oxygens (including phenoxy) is 2. The molecule has 0 amide bonds. The van der Waals surface area contributed by atoms with Gasteiger partial charge in [0, 0.05) is 6.54 Å². The minimum atomic E-state index is 0.589. The van der Waals surface area contributed by atoms with Crippen LogP contribution in [-0.2, 0) is 6.42 Å². The van der Waals surface area contributed by atoms with E-state index >= 15 is 0 Å². The Morgan fingerprint density at radius 2 is 1.64 bits per heavy atom. The summed E-state index contributed by atoms with van der Waals surface area (Å²) in [6, 6.07) is 4.36. The third-order valence-corrected chi connectivity index (χ3v) is 4.90. The minimum Gasteiger partial charge on any atom is -0.493 e. The van der Waals surface area contributed by atoms with Gasteiger partial charge >= 0.3 is 0 Å². The van der Waals surface area contributed by atoms with Crippen LogP contribution in [0.3, 0.4) is 0 Å². The molecule has 0 bridgehead atoms. The third kappa shape index (κ3) is 3.57. The molecule has 0 unspecified atom stereocenters. The summed E-state index contributed by atoms with van der Waals surface area (Å²) in [6.07, 6.45) is 3.62. The van der Waals surface area contributed by atoms with Gasteiger partial charge in [0.2, 0.25) is 0 Å². The van der Waals surface area contributed by atoms with Crippen molar-refractivity contribution >= 4 is 0 Å². The first-order chi connectivity index (χ1) is 10.6. The second-order valence-electron chi connectivity index (χ2n) is 6.46. The Morgan fingerprint density at radius 1 is 1.05 bits per heavy atom. The van der Waals surface area contributed by atoms with Crippen LogP contribution in [0.4, 0.5) is 0 Å². The molecule has 0 aromatic heterocycles. The maximum atomic E-state index is 5.47. The van der Waals surface area contributed by atoms with Gasteiger partial charge in [0.15, 0.2) is 11.5 Å². The lowest BCUT2D eigenvalue weighted by Gasteiger charge is -2.27. The zero-order valence-electron chi connectivity index (χ0n) is 14.8. The van der Waals surface area contributed by atoms with Gasteiger partial charge in [-0.1, -0.05) is 20.8 Å².